The first kappa shape index (κ1) is 14.7. The van der Waals surface area contributed by atoms with Crippen LogP contribution in [0, 0.1) is 0 Å². The molecule has 0 atom stereocenters. The number of nitrogens with one attached hydrogen (secondary N) is 2. The predicted octanol–water partition coefficient (Wildman–Crippen LogP) is 1.92. The Bertz CT molecular complexity index is 441. The second-order valence-electron chi connectivity index (χ2n) is 4.74. The van der Waals surface area contributed by atoms with Crippen LogP contribution in [0.3, 0.4) is 0 Å². The highest BCUT2D eigenvalue weighted by Crippen LogP contribution is 2.26. The highest BCUT2D eigenvalue weighted by atomic mass is 16.5. The molecule has 0 radical (unpaired) electrons. The fourth-order valence-electron chi connectivity index (χ4n) is 2.21. The fraction of sp³-hybridized carbons (Fsp3) is 0.533. The number of benzene rings is 1. The third-order valence-electron chi connectivity index (χ3n) is 3.27. The zero-order valence-corrected chi connectivity index (χ0v) is 12.4. The van der Waals surface area contributed by atoms with Crippen LogP contribution in [0.25, 0.3) is 0 Å². The largest absolute Gasteiger partial charge is 0.378 e. The van der Waals surface area contributed by atoms with Gasteiger partial charge in [0.2, 0.25) is 0 Å². The van der Waals surface area contributed by atoms with E-state index in [1.807, 2.05) is 6.07 Å². The number of aliphatic imine (C=N–C) groups is 1. The maximum Gasteiger partial charge on any atom is 0.195 e. The molecule has 0 aromatic heterocycles. The summed E-state index contributed by atoms with van der Waals surface area (Å²) in [6.07, 6.45) is 1.08. The van der Waals surface area contributed by atoms with E-state index in [2.05, 4.69) is 45.6 Å². The Labute approximate surface area is 121 Å². The molecule has 2 N–H and O–H groups in total. The molecule has 0 saturated carbocycles. The van der Waals surface area contributed by atoms with Crippen LogP contribution in [-0.2, 0) is 4.74 Å². The highest BCUT2D eigenvalue weighted by Gasteiger charge is 2.14. The van der Waals surface area contributed by atoms with Crippen LogP contribution in [0.2, 0.25) is 0 Å². The Morgan fingerprint density at radius 3 is 2.75 bits per heavy atom. The van der Waals surface area contributed by atoms with Crippen LogP contribution < -0.4 is 15.5 Å². The quantitative estimate of drug-likeness (QED) is 0.651. The smallest absolute Gasteiger partial charge is 0.195 e. The van der Waals surface area contributed by atoms with Gasteiger partial charge in [0.05, 0.1) is 24.6 Å². The molecular formula is C15H24N4O. The number of guanidine groups is 1. The Morgan fingerprint density at radius 1 is 1.30 bits per heavy atom. The molecule has 5 heteroatoms. The molecule has 2 rings (SSSR count). The van der Waals surface area contributed by atoms with E-state index in [1.54, 1.807) is 7.05 Å². The molecule has 0 spiro atoms. The van der Waals surface area contributed by atoms with E-state index < -0.39 is 0 Å². The number of anilines is 2. The molecule has 1 aliphatic rings. The lowest BCUT2D eigenvalue weighted by molar-refractivity contribution is 0.123. The van der Waals surface area contributed by atoms with Gasteiger partial charge >= 0.3 is 0 Å². The Kier molecular flexibility index (Phi) is 5.68. The second kappa shape index (κ2) is 7.75. The van der Waals surface area contributed by atoms with Crippen LogP contribution in [0.15, 0.2) is 29.3 Å². The molecule has 0 aliphatic carbocycles. The van der Waals surface area contributed by atoms with E-state index in [4.69, 9.17) is 4.74 Å². The number of para-hydroxylation sites is 2. The van der Waals surface area contributed by atoms with Crippen molar-refractivity contribution in [1.29, 1.82) is 0 Å². The summed E-state index contributed by atoms with van der Waals surface area (Å²) in [5.41, 5.74) is 2.29. The van der Waals surface area contributed by atoms with Crippen LogP contribution in [0.1, 0.15) is 13.3 Å². The van der Waals surface area contributed by atoms with Gasteiger partial charge in [-0.3, -0.25) is 4.99 Å². The first-order valence-electron chi connectivity index (χ1n) is 7.24. The number of hydrogen-bond donors (Lipinski definition) is 2. The van der Waals surface area contributed by atoms with Crippen molar-refractivity contribution < 1.29 is 4.74 Å². The van der Waals surface area contributed by atoms with Crippen molar-refractivity contribution in [3.8, 4) is 0 Å². The first-order chi connectivity index (χ1) is 9.85. The molecule has 0 bridgehead atoms. The Hall–Kier alpha value is -1.75. The maximum atomic E-state index is 5.42. The zero-order valence-electron chi connectivity index (χ0n) is 12.4. The van der Waals surface area contributed by atoms with Gasteiger partial charge in [0.1, 0.15) is 0 Å². The number of hydrogen-bond acceptors (Lipinski definition) is 3. The molecule has 0 unspecified atom stereocenters. The van der Waals surface area contributed by atoms with Crippen LogP contribution in [0.5, 0.6) is 0 Å². The van der Waals surface area contributed by atoms with Gasteiger partial charge in [0.25, 0.3) is 0 Å². The highest BCUT2D eigenvalue weighted by molar-refractivity contribution is 5.96. The van der Waals surface area contributed by atoms with E-state index in [0.717, 1.165) is 50.9 Å². The van der Waals surface area contributed by atoms with Gasteiger partial charge in [0.15, 0.2) is 5.96 Å². The Morgan fingerprint density at radius 2 is 2.05 bits per heavy atom. The lowest BCUT2D eigenvalue weighted by atomic mass is 10.2. The van der Waals surface area contributed by atoms with Crippen LogP contribution in [-0.4, -0.2) is 45.9 Å². The topological polar surface area (TPSA) is 48.9 Å². The van der Waals surface area contributed by atoms with Crippen molar-refractivity contribution in [3.05, 3.63) is 24.3 Å². The third kappa shape index (κ3) is 3.87. The summed E-state index contributed by atoms with van der Waals surface area (Å²) in [5.74, 6) is 0.813. The number of rotatable bonds is 4. The second-order valence-corrected chi connectivity index (χ2v) is 4.74. The van der Waals surface area contributed by atoms with Crippen LogP contribution >= 0.6 is 0 Å². The SMILES string of the molecule is CCCNC(=NC)Nc1ccccc1N1CCOCC1. The van der Waals surface area contributed by atoms with Crippen molar-refractivity contribution in [3.63, 3.8) is 0 Å². The van der Waals surface area contributed by atoms with Gasteiger partial charge in [-0.15, -0.1) is 0 Å². The van der Waals surface area contributed by atoms with Gasteiger partial charge < -0.3 is 20.3 Å². The molecule has 1 aromatic rings. The monoisotopic (exact) mass is 276 g/mol. The third-order valence-corrected chi connectivity index (χ3v) is 3.27. The van der Waals surface area contributed by atoms with Crippen molar-refractivity contribution in [2.75, 3.05) is 50.1 Å². The minimum Gasteiger partial charge on any atom is -0.378 e. The van der Waals surface area contributed by atoms with Gasteiger partial charge in [0, 0.05) is 26.7 Å². The molecule has 1 saturated heterocycles. The summed E-state index contributed by atoms with van der Waals surface area (Å²) < 4.78 is 5.42. The lowest BCUT2D eigenvalue weighted by Crippen LogP contribution is -2.37. The summed E-state index contributed by atoms with van der Waals surface area (Å²) in [5, 5.41) is 6.68. The van der Waals surface area contributed by atoms with Gasteiger partial charge in [-0.1, -0.05) is 19.1 Å². The van der Waals surface area contributed by atoms with E-state index in [0.29, 0.717) is 0 Å². The minimum atomic E-state index is 0.789. The zero-order chi connectivity index (χ0) is 14.2. The van der Waals surface area contributed by atoms with E-state index in [-0.39, 0.29) is 0 Å². The number of nitrogens with zero attached hydrogens (tertiary/aromatic N) is 2. The van der Waals surface area contributed by atoms with Crippen molar-refractivity contribution in [2.24, 2.45) is 4.99 Å². The van der Waals surface area contributed by atoms with Crippen molar-refractivity contribution in [2.45, 2.75) is 13.3 Å². The first-order valence-corrected chi connectivity index (χ1v) is 7.24. The predicted molar refractivity (Wildman–Crippen MR) is 84.7 cm³/mol. The molecule has 20 heavy (non-hydrogen) atoms. The fourth-order valence-corrected chi connectivity index (χ4v) is 2.21. The molecule has 0 amide bonds. The standard InChI is InChI=1S/C15H24N4O/c1-3-8-17-15(16-2)18-13-6-4-5-7-14(13)19-9-11-20-12-10-19/h4-7H,3,8-12H2,1-2H3,(H2,16,17,18). The molecule has 110 valence electrons. The molecule has 5 nitrogen and oxygen atoms in total. The summed E-state index contributed by atoms with van der Waals surface area (Å²) in [6.45, 7) is 6.50. The molecule has 1 aromatic carbocycles. The molecular weight excluding hydrogens is 252 g/mol. The van der Waals surface area contributed by atoms with E-state index in [9.17, 15) is 0 Å². The van der Waals surface area contributed by atoms with E-state index >= 15 is 0 Å². The van der Waals surface area contributed by atoms with Crippen molar-refractivity contribution in [1.82, 2.24) is 5.32 Å². The van der Waals surface area contributed by atoms with Gasteiger partial charge in [-0.05, 0) is 18.6 Å². The van der Waals surface area contributed by atoms with Gasteiger partial charge in [-0.2, -0.15) is 0 Å². The molecule has 1 aliphatic heterocycles. The maximum absolute atomic E-state index is 5.42. The number of morpholine rings is 1. The summed E-state index contributed by atoms with van der Waals surface area (Å²) >= 11 is 0. The van der Waals surface area contributed by atoms with Crippen LogP contribution in [0.4, 0.5) is 11.4 Å². The summed E-state index contributed by atoms with van der Waals surface area (Å²) in [6, 6.07) is 8.34. The number of ether oxygens (including phenoxy) is 1. The summed E-state index contributed by atoms with van der Waals surface area (Å²) in [7, 11) is 1.79. The average molecular weight is 276 g/mol. The van der Waals surface area contributed by atoms with E-state index in [1.165, 1.54) is 5.69 Å². The lowest BCUT2D eigenvalue weighted by Gasteiger charge is -2.30. The minimum absolute atomic E-state index is 0.789. The normalized spacial score (nSPS) is 16.1. The average Bonchev–Trinajstić information content (AvgIpc) is 2.52. The Balaban J connectivity index is 2.10. The van der Waals surface area contributed by atoms with Crippen molar-refractivity contribution >= 4 is 17.3 Å². The molecule has 1 fully saturated rings. The van der Waals surface area contributed by atoms with Gasteiger partial charge in [-0.25, -0.2) is 0 Å². The summed E-state index contributed by atoms with van der Waals surface area (Å²) in [4.78, 5) is 6.60. The molecule has 1 heterocycles.